The quantitative estimate of drug-likeness (QED) is 0.831. The minimum Gasteiger partial charge on any atom is -0.284 e. The first-order valence-electron chi connectivity index (χ1n) is 5.73. The fourth-order valence-corrected chi connectivity index (χ4v) is 4.03. The Morgan fingerprint density at radius 3 is 3.06 bits per heavy atom. The molecule has 1 aliphatic heterocycles. The van der Waals surface area contributed by atoms with E-state index in [1.54, 1.807) is 4.31 Å². The Bertz CT molecular complexity index is 446. The summed E-state index contributed by atoms with van der Waals surface area (Å²) in [5.74, 6) is 0.579. The Hall–Kier alpha value is -0.590. The standard InChI is InChI=1S/C10H16ClN3O2S/c11-5-1-3-9-4-2-6-14(9)17(15,16)10-7-12-13-8-10/h7-9H,1-6H2,(H,12,13). The summed E-state index contributed by atoms with van der Waals surface area (Å²) in [5, 5.41) is 6.24. The molecule has 1 aromatic heterocycles. The van der Waals surface area contributed by atoms with Crippen LogP contribution in [0.1, 0.15) is 25.7 Å². The number of nitrogens with one attached hydrogen (secondary N) is 1. The molecular weight excluding hydrogens is 262 g/mol. The summed E-state index contributed by atoms with van der Waals surface area (Å²) in [6.45, 7) is 0.598. The van der Waals surface area contributed by atoms with Gasteiger partial charge in [-0.25, -0.2) is 8.42 Å². The van der Waals surface area contributed by atoms with Gasteiger partial charge in [0.05, 0.1) is 6.20 Å². The van der Waals surface area contributed by atoms with Crippen LogP contribution in [0.5, 0.6) is 0 Å². The van der Waals surface area contributed by atoms with Crippen LogP contribution in [0.25, 0.3) is 0 Å². The van der Waals surface area contributed by atoms with E-state index in [1.807, 2.05) is 0 Å². The highest BCUT2D eigenvalue weighted by atomic mass is 35.5. The highest BCUT2D eigenvalue weighted by molar-refractivity contribution is 7.89. The second kappa shape index (κ2) is 5.37. The smallest absolute Gasteiger partial charge is 0.246 e. The molecule has 0 amide bonds. The molecule has 0 saturated carbocycles. The van der Waals surface area contributed by atoms with Crippen LogP contribution < -0.4 is 0 Å². The van der Waals surface area contributed by atoms with Gasteiger partial charge >= 0.3 is 0 Å². The van der Waals surface area contributed by atoms with Gasteiger partial charge in [-0.2, -0.15) is 9.40 Å². The molecule has 1 aliphatic rings. The van der Waals surface area contributed by atoms with Crippen molar-refractivity contribution in [2.24, 2.45) is 0 Å². The maximum atomic E-state index is 12.3. The maximum Gasteiger partial charge on any atom is 0.246 e. The molecule has 7 heteroatoms. The third-order valence-electron chi connectivity index (χ3n) is 3.07. The molecule has 17 heavy (non-hydrogen) atoms. The summed E-state index contributed by atoms with van der Waals surface area (Å²) >= 11 is 5.66. The van der Waals surface area contributed by atoms with E-state index in [9.17, 15) is 8.42 Å². The number of aromatic nitrogens is 2. The third kappa shape index (κ3) is 2.64. The number of aromatic amines is 1. The molecule has 2 heterocycles. The lowest BCUT2D eigenvalue weighted by atomic mass is 10.1. The fraction of sp³-hybridized carbons (Fsp3) is 0.700. The maximum absolute atomic E-state index is 12.3. The van der Waals surface area contributed by atoms with Crippen LogP contribution in [-0.4, -0.2) is 41.4 Å². The first kappa shape index (κ1) is 12.9. The van der Waals surface area contributed by atoms with Gasteiger partial charge in [-0.1, -0.05) is 0 Å². The summed E-state index contributed by atoms with van der Waals surface area (Å²) in [6, 6.07) is 0.0913. The van der Waals surface area contributed by atoms with E-state index in [0.29, 0.717) is 12.4 Å². The SMILES string of the molecule is O=S(=O)(c1cn[nH]c1)N1CCCC1CCCCl. The first-order valence-corrected chi connectivity index (χ1v) is 7.70. The molecule has 1 fully saturated rings. The molecule has 5 nitrogen and oxygen atoms in total. The van der Waals surface area contributed by atoms with Crippen molar-refractivity contribution in [1.82, 2.24) is 14.5 Å². The van der Waals surface area contributed by atoms with Crippen LogP contribution in [-0.2, 0) is 10.0 Å². The Morgan fingerprint density at radius 1 is 1.59 bits per heavy atom. The van der Waals surface area contributed by atoms with Crippen LogP contribution in [0.2, 0.25) is 0 Å². The largest absolute Gasteiger partial charge is 0.284 e. The number of hydrogen-bond donors (Lipinski definition) is 1. The molecule has 0 radical (unpaired) electrons. The zero-order chi connectivity index (χ0) is 12.3. The van der Waals surface area contributed by atoms with Gasteiger partial charge in [0.15, 0.2) is 0 Å². The summed E-state index contributed by atoms with van der Waals surface area (Å²) in [5.41, 5.74) is 0. The van der Waals surface area contributed by atoms with Crippen molar-refractivity contribution in [3.63, 3.8) is 0 Å². The van der Waals surface area contributed by atoms with Crippen molar-refractivity contribution in [3.05, 3.63) is 12.4 Å². The van der Waals surface area contributed by atoms with Gasteiger partial charge in [0.25, 0.3) is 0 Å². The number of nitrogens with zero attached hydrogens (tertiary/aromatic N) is 2. The van der Waals surface area contributed by atoms with Gasteiger partial charge in [0, 0.05) is 24.7 Å². The minimum absolute atomic E-state index is 0.0913. The molecule has 1 aromatic rings. The van der Waals surface area contributed by atoms with E-state index >= 15 is 0 Å². The predicted octanol–water partition coefficient (Wildman–Crippen LogP) is 1.58. The van der Waals surface area contributed by atoms with Gasteiger partial charge in [0.1, 0.15) is 4.90 Å². The van der Waals surface area contributed by atoms with Gasteiger partial charge in [-0.3, -0.25) is 5.10 Å². The Labute approximate surface area is 106 Å². The van der Waals surface area contributed by atoms with Crippen molar-refractivity contribution in [1.29, 1.82) is 0 Å². The van der Waals surface area contributed by atoms with E-state index < -0.39 is 10.0 Å². The number of halogens is 1. The first-order chi connectivity index (χ1) is 8.16. The molecule has 0 aromatic carbocycles. The lowest BCUT2D eigenvalue weighted by Crippen LogP contribution is -2.35. The van der Waals surface area contributed by atoms with Crippen molar-refractivity contribution in [3.8, 4) is 0 Å². The van der Waals surface area contributed by atoms with Crippen molar-refractivity contribution >= 4 is 21.6 Å². The molecule has 2 rings (SSSR count). The normalized spacial score (nSPS) is 22.1. The number of H-pyrrole nitrogens is 1. The van der Waals surface area contributed by atoms with Crippen LogP contribution in [0.3, 0.4) is 0 Å². The van der Waals surface area contributed by atoms with Gasteiger partial charge in [-0.15, -0.1) is 11.6 Å². The van der Waals surface area contributed by atoms with E-state index in [-0.39, 0.29) is 10.9 Å². The average molecular weight is 278 g/mol. The number of sulfonamides is 1. The van der Waals surface area contributed by atoms with Gasteiger partial charge < -0.3 is 0 Å². The molecule has 0 bridgehead atoms. The average Bonchev–Trinajstić information content (AvgIpc) is 2.97. The highest BCUT2D eigenvalue weighted by Crippen LogP contribution is 2.28. The third-order valence-corrected chi connectivity index (χ3v) is 5.26. The minimum atomic E-state index is -3.38. The van der Waals surface area contributed by atoms with Crippen LogP contribution in [0.15, 0.2) is 17.3 Å². The Balaban J connectivity index is 2.15. The second-order valence-electron chi connectivity index (χ2n) is 4.18. The van der Waals surface area contributed by atoms with Crippen molar-refractivity contribution in [2.45, 2.75) is 36.6 Å². The van der Waals surface area contributed by atoms with E-state index in [2.05, 4.69) is 10.2 Å². The van der Waals surface area contributed by atoms with Crippen LogP contribution in [0.4, 0.5) is 0 Å². The number of rotatable bonds is 5. The molecular formula is C10H16ClN3O2S. The molecule has 0 spiro atoms. The second-order valence-corrected chi connectivity index (χ2v) is 6.45. The Kier molecular flexibility index (Phi) is 4.06. The summed E-state index contributed by atoms with van der Waals surface area (Å²) in [6.07, 6.45) is 6.31. The summed E-state index contributed by atoms with van der Waals surface area (Å²) in [4.78, 5) is 0.246. The molecule has 1 N–H and O–H groups in total. The van der Waals surface area contributed by atoms with E-state index in [1.165, 1.54) is 12.4 Å². The van der Waals surface area contributed by atoms with E-state index in [4.69, 9.17) is 11.6 Å². The molecule has 1 unspecified atom stereocenters. The zero-order valence-corrected chi connectivity index (χ0v) is 11.0. The number of hydrogen-bond acceptors (Lipinski definition) is 3. The predicted molar refractivity (Wildman–Crippen MR) is 65.5 cm³/mol. The summed E-state index contributed by atoms with van der Waals surface area (Å²) < 4.78 is 26.2. The van der Waals surface area contributed by atoms with Gasteiger partial charge in [0.2, 0.25) is 10.0 Å². The van der Waals surface area contributed by atoms with Crippen LogP contribution in [0, 0.1) is 0 Å². The monoisotopic (exact) mass is 277 g/mol. The zero-order valence-electron chi connectivity index (χ0n) is 9.47. The van der Waals surface area contributed by atoms with Crippen molar-refractivity contribution < 1.29 is 8.42 Å². The number of alkyl halides is 1. The lowest BCUT2D eigenvalue weighted by molar-refractivity contribution is 0.368. The summed E-state index contributed by atoms with van der Waals surface area (Å²) in [7, 11) is -3.38. The Morgan fingerprint density at radius 2 is 2.41 bits per heavy atom. The lowest BCUT2D eigenvalue weighted by Gasteiger charge is -2.23. The molecule has 96 valence electrons. The van der Waals surface area contributed by atoms with E-state index in [0.717, 1.165) is 25.7 Å². The van der Waals surface area contributed by atoms with Crippen LogP contribution >= 0.6 is 11.6 Å². The van der Waals surface area contributed by atoms with Crippen molar-refractivity contribution in [2.75, 3.05) is 12.4 Å². The molecule has 0 aliphatic carbocycles. The fourth-order valence-electron chi connectivity index (χ4n) is 2.24. The highest BCUT2D eigenvalue weighted by Gasteiger charge is 2.35. The van der Waals surface area contributed by atoms with Gasteiger partial charge in [-0.05, 0) is 25.7 Å². The molecule has 1 atom stereocenters. The molecule has 1 saturated heterocycles. The topological polar surface area (TPSA) is 66.1 Å².